The third-order valence-corrected chi connectivity index (χ3v) is 4.53. The van der Waals surface area contributed by atoms with Crippen molar-refractivity contribution in [2.75, 3.05) is 13.2 Å². The molecule has 2 aliphatic heterocycles. The molecule has 1 unspecified atom stereocenters. The fourth-order valence-electron chi connectivity index (χ4n) is 3.50. The lowest BCUT2D eigenvalue weighted by Crippen LogP contribution is -2.47. The third-order valence-electron chi connectivity index (χ3n) is 4.53. The monoisotopic (exact) mass is 306 g/mol. The second-order valence-corrected chi connectivity index (χ2v) is 6.55. The standard InChI is InChI=1S/C16H26N4O2/c1-11(2)17-16(21)20-8-5-4-6-14(20)15-12-10-22-9-7-13(12)19(3)18-15/h11,14H,4-10H2,1-3H3,(H,17,21). The van der Waals surface area contributed by atoms with Crippen molar-refractivity contribution in [2.24, 2.45) is 7.05 Å². The van der Waals surface area contributed by atoms with Gasteiger partial charge in [0.25, 0.3) is 0 Å². The van der Waals surface area contributed by atoms with Crippen molar-refractivity contribution >= 4 is 6.03 Å². The van der Waals surface area contributed by atoms with Crippen molar-refractivity contribution in [2.45, 2.75) is 58.2 Å². The minimum atomic E-state index is 0.0239. The van der Waals surface area contributed by atoms with Crippen LogP contribution in [0.15, 0.2) is 0 Å². The van der Waals surface area contributed by atoms with Crippen LogP contribution in [0.2, 0.25) is 0 Å². The SMILES string of the molecule is CC(C)NC(=O)N1CCCCC1c1nn(C)c2c1COCC2. The largest absolute Gasteiger partial charge is 0.376 e. The predicted molar refractivity (Wildman–Crippen MR) is 83.5 cm³/mol. The lowest BCUT2D eigenvalue weighted by atomic mass is 9.95. The number of hydrogen-bond acceptors (Lipinski definition) is 3. The van der Waals surface area contributed by atoms with E-state index in [-0.39, 0.29) is 18.1 Å². The van der Waals surface area contributed by atoms with E-state index in [0.717, 1.165) is 44.5 Å². The summed E-state index contributed by atoms with van der Waals surface area (Å²) in [5.74, 6) is 0. The Labute approximate surface area is 131 Å². The molecule has 1 aromatic heterocycles. The van der Waals surface area contributed by atoms with Crippen molar-refractivity contribution in [1.82, 2.24) is 20.0 Å². The second kappa shape index (κ2) is 6.28. The minimum absolute atomic E-state index is 0.0239. The van der Waals surface area contributed by atoms with Gasteiger partial charge in [-0.1, -0.05) is 0 Å². The maximum absolute atomic E-state index is 12.5. The number of fused-ring (bicyclic) bond motifs is 1. The molecular weight excluding hydrogens is 280 g/mol. The summed E-state index contributed by atoms with van der Waals surface area (Å²) in [6, 6.07) is 0.246. The Morgan fingerprint density at radius 2 is 2.23 bits per heavy atom. The van der Waals surface area contributed by atoms with Gasteiger partial charge in [0.15, 0.2) is 0 Å². The fourth-order valence-corrected chi connectivity index (χ4v) is 3.50. The zero-order chi connectivity index (χ0) is 15.7. The molecule has 2 amide bonds. The van der Waals surface area contributed by atoms with Crippen LogP contribution < -0.4 is 5.32 Å². The van der Waals surface area contributed by atoms with Gasteiger partial charge in [-0.15, -0.1) is 0 Å². The number of ether oxygens (including phenoxy) is 1. The van der Waals surface area contributed by atoms with Gasteiger partial charge < -0.3 is 15.0 Å². The Bertz CT molecular complexity index is 553. The molecule has 0 saturated carbocycles. The van der Waals surface area contributed by atoms with Gasteiger partial charge in [-0.05, 0) is 33.1 Å². The van der Waals surface area contributed by atoms with Crippen molar-refractivity contribution < 1.29 is 9.53 Å². The molecule has 3 rings (SSSR count). The lowest BCUT2D eigenvalue weighted by molar-refractivity contribution is 0.105. The van der Waals surface area contributed by atoms with Crippen LogP contribution in [0.3, 0.4) is 0 Å². The molecule has 1 fully saturated rings. The Balaban J connectivity index is 1.89. The highest BCUT2D eigenvalue weighted by Gasteiger charge is 2.33. The lowest BCUT2D eigenvalue weighted by Gasteiger charge is -2.36. The van der Waals surface area contributed by atoms with Gasteiger partial charge in [-0.3, -0.25) is 4.68 Å². The molecule has 0 spiro atoms. The molecule has 122 valence electrons. The van der Waals surface area contributed by atoms with Crippen LogP contribution in [-0.4, -0.2) is 39.9 Å². The molecule has 1 aromatic rings. The summed E-state index contributed by atoms with van der Waals surface area (Å²) in [6.07, 6.45) is 4.09. The number of carbonyl (C=O) groups is 1. The molecule has 6 nitrogen and oxygen atoms in total. The van der Waals surface area contributed by atoms with Gasteiger partial charge in [-0.2, -0.15) is 5.10 Å². The molecular formula is C16H26N4O2. The fraction of sp³-hybridized carbons (Fsp3) is 0.750. The summed E-state index contributed by atoms with van der Waals surface area (Å²) in [4.78, 5) is 14.5. The molecule has 6 heteroatoms. The Kier molecular flexibility index (Phi) is 4.38. The minimum Gasteiger partial charge on any atom is -0.376 e. The average molecular weight is 306 g/mol. The van der Waals surface area contributed by atoms with Crippen LogP contribution in [0.25, 0.3) is 0 Å². The number of piperidine rings is 1. The topological polar surface area (TPSA) is 59.4 Å². The van der Waals surface area contributed by atoms with Crippen LogP contribution >= 0.6 is 0 Å². The molecule has 22 heavy (non-hydrogen) atoms. The number of rotatable bonds is 2. The normalized spacial score (nSPS) is 21.8. The first kappa shape index (κ1) is 15.3. The van der Waals surface area contributed by atoms with E-state index in [0.29, 0.717) is 6.61 Å². The average Bonchev–Trinajstić information content (AvgIpc) is 2.84. The number of likely N-dealkylation sites (tertiary alicyclic amines) is 1. The molecule has 2 aliphatic rings. The summed E-state index contributed by atoms with van der Waals surface area (Å²) in [5.41, 5.74) is 3.50. The first-order valence-electron chi connectivity index (χ1n) is 8.27. The first-order chi connectivity index (χ1) is 10.6. The van der Waals surface area contributed by atoms with Crippen molar-refractivity contribution in [3.63, 3.8) is 0 Å². The number of carbonyl (C=O) groups excluding carboxylic acids is 1. The number of nitrogens with one attached hydrogen (secondary N) is 1. The quantitative estimate of drug-likeness (QED) is 0.910. The van der Waals surface area contributed by atoms with E-state index in [1.807, 2.05) is 30.5 Å². The van der Waals surface area contributed by atoms with Gasteiger partial charge >= 0.3 is 6.03 Å². The van der Waals surface area contributed by atoms with Crippen LogP contribution in [0.5, 0.6) is 0 Å². The third kappa shape index (κ3) is 2.84. The molecule has 0 bridgehead atoms. The number of aryl methyl sites for hydroxylation is 1. The summed E-state index contributed by atoms with van der Waals surface area (Å²) in [5, 5.41) is 7.76. The first-order valence-corrected chi connectivity index (χ1v) is 8.27. The van der Waals surface area contributed by atoms with Gasteiger partial charge in [0, 0.05) is 37.3 Å². The smallest absolute Gasteiger partial charge is 0.318 e. The number of amides is 2. The van der Waals surface area contributed by atoms with Crippen molar-refractivity contribution in [1.29, 1.82) is 0 Å². The van der Waals surface area contributed by atoms with Gasteiger partial charge in [0.2, 0.25) is 0 Å². The van der Waals surface area contributed by atoms with E-state index in [1.165, 1.54) is 11.3 Å². The van der Waals surface area contributed by atoms with Crippen molar-refractivity contribution in [3.8, 4) is 0 Å². The molecule has 0 aliphatic carbocycles. The van der Waals surface area contributed by atoms with Crippen LogP contribution in [0.4, 0.5) is 4.79 Å². The molecule has 0 radical (unpaired) electrons. The second-order valence-electron chi connectivity index (χ2n) is 6.55. The Morgan fingerprint density at radius 3 is 3.00 bits per heavy atom. The molecule has 1 atom stereocenters. The molecule has 1 N–H and O–H groups in total. The number of aromatic nitrogens is 2. The highest BCUT2D eigenvalue weighted by atomic mass is 16.5. The van der Waals surface area contributed by atoms with Crippen LogP contribution in [0.1, 0.15) is 56.1 Å². The zero-order valence-corrected chi connectivity index (χ0v) is 13.8. The van der Waals surface area contributed by atoms with E-state index in [4.69, 9.17) is 9.84 Å². The molecule has 1 saturated heterocycles. The summed E-state index contributed by atoms with van der Waals surface area (Å²) in [6.45, 7) is 6.17. The highest BCUT2D eigenvalue weighted by molar-refractivity contribution is 5.75. The van der Waals surface area contributed by atoms with Gasteiger partial charge in [0.1, 0.15) is 0 Å². The zero-order valence-electron chi connectivity index (χ0n) is 13.8. The summed E-state index contributed by atoms with van der Waals surface area (Å²) >= 11 is 0. The molecule has 3 heterocycles. The Morgan fingerprint density at radius 1 is 1.41 bits per heavy atom. The van der Waals surface area contributed by atoms with Gasteiger partial charge in [-0.25, -0.2) is 4.79 Å². The van der Waals surface area contributed by atoms with Gasteiger partial charge in [0.05, 0.1) is 24.9 Å². The maximum Gasteiger partial charge on any atom is 0.318 e. The maximum atomic E-state index is 12.5. The number of nitrogens with zero attached hydrogens (tertiary/aromatic N) is 3. The van der Waals surface area contributed by atoms with Crippen molar-refractivity contribution in [3.05, 3.63) is 17.0 Å². The highest BCUT2D eigenvalue weighted by Crippen LogP contribution is 2.34. The molecule has 0 aromatic carbocycles. The predicted octanol–water partition coefficient (Wildman–Crippen LogP) is 2.14. The number of urea groups is 1. The van der Waals surface area contributed by atoms with E-state index in [2.05, 4.69) is 5.32 Å². The summed E-state index contributed by atoms with van der Waals surface area (Å²) in [7, 11) is 2.00. The van der Waals surface area contributed by atoms with Crippen LogP contribution in [0, 0.1) is 0 Å². The van der Waals surface area contributed by atoms with E-state index in [1.54, 1.807) is 0 Å². The van der Waals surface area contributed by atoms with E-state index < -0.39 is 0 Å². The summed E-state index contributed by atoms with van der Waals surface area (Å²) < 4.78 is 7.60. The van der Waals surface area contributed by atoms with E-state index in [9.17, 15) is 4.79 Å². The van der Waals surface area contributed by atoms with E-state index >= 15 is 0 Å². The van der Waals surface area contributed by atoms with Crippen LogP contribution in [-0.2, 0) is 24.8 Å². The number of hydrogen-bond donors (Lipinski definition) is 1. The Hall–Kier alpha value is -1.56.